The summed E-state index contributed by atoms with van der Waals surface area (Å²) in [5.74, 6) is -0.485. The van der Waals surface area contributed by atoms with Crippen LogP contribution in [0, 0.1) is 5.82 Å². The van der Waals surface area contributed by atoms with E-state index in [1.807, 2.05) is 24.4 Å². The molecule has 8 heteroatoms. The third-order valence-electron chi connectivity index (χ3n) is 5.51. The number of rotatable bonds is 6. The van der Waals surface area contributed by atoms with Gasteiger partial charge in [0.05, 0.1) is 21.6 Å². The van der Waals surface area contributed by atoms with Crippen molar-refractivity contribution in [2.75, 3.05) is 7.05 Å². The van der Waals surface area contributed by atoms with Gasteiger partial charge < -0.3 is 10.3 Å². The van der Waals surface area contributed by atoms with Crippen molar-refractivity contribution in [3.8, 4) is 22.4 Å². The average molecular weight is 461 g/mol. The van der Waals surface area contributed by atoms with Crippen molar-refractivity contribution in [3.05, 3.63) is 96.7 Å². The SMILES string of the molecule is CNCc1cc(-c2ccccc2F)n(S(=O)(=O)c2cccc(-c3c[nH]c4cccnc34)c2)c1. The zero-order chi connectivity index (χ0) is 23.0. The number of halogens is 1. The Morgan fingerprint density at radius 2 is 1.88 bits per heavy atom. The lowest BCUT2D eigenvalue weighted by Gasteiger charge is -2.12. The molecule has 0 aliphatic carbocycles. The molecule has 166 valence electrons. The smallest absolute Gasteiger partial charge is 0.268 e. The first kappa shape index (κ1) is 21.1. The molecule has 0 bridgehead atoms. The highest BCUT2D eigenvalue weighted by molar-refractivity contribution is 7.90. The largest absolute Gasteiger partial charge is 0.359 e. The minimum atomic E-state index is -4.01. The summed E-state index contributed by atoms with van der Waals surface area (Å²) in [6, 6.07) is 18.3. The van der Waals surface area contributed by atoms with Crippen LogP contribution in [0.1, 0.15) is 5.56 Å². The van der Waals surface area contributed by atoms with Crippen LogP contribution in [-0.2, 0) is 16.6 Å². The Kier molecular flexibility index (Phi) is 5.32. The van der Waals surface area contributed by atoms with Gasteiger partial charge in [0, 0.05) is 36.3 Å². The van der Waals surface area contributed by atoms with E-state index in [1.54, 1.807) is 55.7 Å². The van der Waals surface area contributed by atoms with Gasteiger partial charge in [-0.1, -0.05) is 24.3 Å². The van der Waals surface area contributed by atoms with Gasteiger partial charge in [-0.25, -0.2) is 16.8 Å². The van der Waals surface area contributed by atoms with Gasteiger partial charge in [0.2, 0.25) is 0 Å². The Morgan fingerprint density at radius 3 is 2.70 bits per heavy atom. The Hall–Kier alpha value is -3.75. The van der Waals surface area contributed by atoms with Crippen LogP contribution >= 0.6 is 0 Å². The number of pyridine rings is 1. The fraction of sp³-hybridized carbons (Fsp3) is 0.0800. The van der Waals surface area contributed by atoms with Crippen molar-refractivity contribution in [3.63, 3.8) is 0 Å². The molecule has 0 saturated carbocycles. The van der Waals surface area contributed by atoms with Gasteiger partial charge in [0.1, 0.15) is 5.82 Å². The molecule has 0 spiro atoms. The van der Waals surface area contributed by atoms with Crippen LogP contribution in [0.5, 0.6) is 0 Å². The van der Waals surface area contributed by atoms with Gasteiger partial charge in [-0.05, 0) is 60.6 Å². The summed E-state index contributed by atoms with van der Waals surface area (Å²) in [4.78, 5) is 7.69. The highest BCUT2D eigenvalue weighted by Gasteiger charge is 2.24. The second kappa shape index (κ2) is 8.31. The number of hydrogen-bond acceptors (Lipinski definition) is 4. The molecule has 6 nitrogen and oxygen atoms in total. The monoisotopic (exact) mass is 460 g/mol. The van der Waals surface area contributed by atoms with E-state index in [1.165, 1.54) is 12.3 Å². The zero-order valence-corrected chi connectivity index (χ0v) is 18.6. The molecule has 2 N–H and O–H groups in total. The third-order valence-corrected chi connectivity index (χ3v) is 7.18. The highest BCUT2D eigenvalue weighted by Crippen LogP contribution is 2.32. The second-order valence-electron chi connectivity index (χ2n) is 7.67. The molecule has 0 radical (unpaired) electrons. The molecule has 0 atom stereocenters. The average Bonchev–Trinajstić information content (AvgIpc) is 3.45. The first-order valence-corrected chi connectivity index (χ1v) is 11.8. The molecule has 0 fully saturated rings. The molecule has 3 heterocycles. The number of nitrogens with one attached hydrogen (secondary N) is 2. The van der Waals surface area contributed by atoms with Gasteiger partial charge in [-0.2, -0.15) is 0 Å². The summed E-state index contributed by atoms with van der Waals surface area (Å²) < 4.78 is 43.2. The Balaban J connectivity index is 1.66. The fourth-order valence-electron chi connectivity index (χ4n) is 3.97. The minimum absolute atomic E-state index is 0.106. The van der Waals surface area contributed by atoms with E-state index in [0.29, 0.717) is 6.54 Å². The molecule has 2 aromatic carbocycles. The van der Waals surface area contributed by atoms with E-state index in [4.69, 9.17) is 0 Å². The predicted molar refractivity (Wildman–Crippen MR) is 127 cm³/mol. The van der Waals surface area contributed by atoms with Crippen LogP contribution in [0.2, 0.25) is 0 Å². The molecule has 3 aromatic heterocycles. The molecule has 5 aromatic rings. The predicted octanol–water partition coefficient (Wildman–Crippen LogP) is 4.79. The van der Waals surface area contributed by atoms with Crippen molar-refractivity contribution in [2.24, 2.45) is 0 Å². The van der Waals surface area contributed by atoms with Gasteiger partial charge in [-0.15, -0.1) is 0 Å². The van der Waals surface area contributed by atoms with Crippen LogP contribution in [0.4, 0.5) is 4.39 Å². The Bertz CT molecular complexity index is 1570. The quantitative estimate of drug-likeness (QED) is 0.382. The molecule has 0 aliphatic heterocycles. The summed E-state index contributed by atoms with van der Waals surface area (Å²) in [5, 5.41) is 3.01. The number of nitrogens with zero attached hydrogens (tertiary/aromatic N) is 2. The third kappa shape index (κ3) is 3.73. The second-order valence-corrected chi connectivity index (χ2v) is 9.49. The lowest BCUT2D eigenvalue weighted by Crippen LogP contribution is -2.14. The summed E-state index contributed by atoms with van der Waals surface area (Å²) in [6.45, 7) is 0.449. The lowest BCUT2D eigenvalue weighted by molar-refractivity contribution is 0.587. The highest BCUT2D eigenvalue weighted by atomic mass is 32.2. The van der Waals surface area contributed by atoms with E-state index in [0.717, 1.165) is 31.7 Å². The van der Waals surface area contributed by atoms with Gasteiger partial charge in [0.15, 0.2) is 0 Å². The number of fused-ring (bicyclic) bond motifs is 1. The Labute approximate surface area is 190 Å². The maximum Gasteiger partial charge on any atom is 0.268 e. The standard InChI is InChI=1S/C25H21FN4O2S/c1-27-14-17-12-24(20-8-2-3-9-22(20)26)30(16-17)33(31,32)19-7-4-6-18(13-19)21-15-29-23-10-5-11-28-25(21)23/h2-13,15-16,27,29H,14H2,1H3. The van der Waals surface area contributed by atoms with Crippen LogP contribution in [0.25, 0.3) is 33.4 Å². The fourth-order valence-corrected chi connectivity index (χ4v) is 5.41. The first-order valence-electron chi connectivity index (χ1n) is 10.4. The summed E-state index contributed by atoms with van der Waals surface area (Å²) in [7, 11) is -2.24. The Morgan fingerprint density at radius 1 is 1.03 bits per heavy atom. The summed E-state index contributed by atoms with van der Waals surface area (Å²) in [6.07, 6.45) is 5.05. The van der Waals surface area contributed by atoms with Crippen LogP contribution in [0.3, 0.4) is 0 Å². The van der Waals surface area contributed by atoms with Gasteiger partial charge >= 0.3 is 0 Å². The molecular weight excluding hydrogens is 439 g/mol. The number of hydrogen-bond donors (Lipinski definition) is 2. The number of benzene rings is 2. The topological polar surface area (TPSA) is 79.8 Å². The number of aromatic amines is 1. The maximum absolute atomic E-state index is 14.6. The molecule has 5 rings (SSSR count). The van der Waals surface area contributed by atoms with E-state index < -0.39 is 15.8 Å². The van der Waals surface area contributed by atoms with Crippen LogP contribution < -0.4 is 5.32 Å². The number of H-pyrrole nitrogens is 1. The van der Waals surface area contributed by atoms with Crippen LogP contribution in [0.15, 0.2) is 90.2 Å². The van der Waals surface area contributed by atoms with E-state index >= 15 is 0 Å². The molecule has 0 amide bonds. The zero-order valence-electron chi connectivity index (χ0n) is 17.8. The summed E-state index contributed by atoms with van der Waals surface area (Å²) >= 11 is 0. The molecule has 33 heavy (non-hydrogen) atoms. The lowest BCUT2D eigenvalue weighted by atomic mass is 10.1. The van der Waals surface area contributed by atoms with E-state index in [2.05, 4.69) is 15.3 Å². The van der Waals surface area contributed by atoms with Crippen LogP contribution in [-0.4, -0.2) is 29.4 Å². The van der Waals surface area contributed by atoms with Crippen molar-refractivity contribution in [2.45, 2.75) is 11.4 Å². The van der Waals surface area contributed by atoms with Gasteiger partial charge in [-0.3, -0.25) is 4.98 Å². The molecule has 0 aliphatic rings. The van der Waals surface area contributed by atoms with Crippen molar-refractivity contribution in [1.82, 2.24) is 19.3 Å². The van der Waals surface area contributed by atoms with E-state index in [-0.39, 0.29) is 16.2 Å². The first-order chi connectivity index (χ1) is 16.0. The molecule has 0 saturated heterocycles. The van der Waals surface area contributed by atoms with Crippen molar-refractivity contribution >= 4 is 21.1 Å². The molecule has 0 unspecified atom stereocenters. The van der Waals surface area contributed by atoms with Crippen molar-refractivity contribution in [1.29, 1.82) is 0 Å². The van der Waals surface area contributed by atoms with E-state index in [9.17, 15) is 12.8 Å². The van der Waals surface area contributed by atoms with Crippen molar-refractivity contribution < 1.29 is 12.8 Å². The molecular formula is C25H21FN4O2S. The number of aromatic nitrogens is 3. The minimum Gasteiger partial charge on any atom is -0.359 e. The summed E-state index contributed by atoms with van der Waals surface area (Å²) in [5.41, 5.74) is 4.38. The normalized spacial score (nSPS) is 11.8. The maximum atomic E-state index is 14.6. The van der Waals surface area contributed by atoms with Gasteiger partial charge in [0.25, 0.3) is 10.0 Å².